The van der Waals surface area contributed by atoms with Crippen LogP contribution in [0.5, 0.6) is 23.0 Å². The first-order chi connectivity index (χ1) is 20.7. The van der Waals surface area contributed by atoms with E-state index in [0.29, 0.717) is 25.0 Å². The van der Waals surface area contributed by atoms with Crippen molar-refractivity contribution < 1.29 is 28.4 Å². The van der Waals surface area contributed by atoms with Crippen LogP contribution in [0.2, 0.25) is 0 Å². The summed E-state index contributed by atoms with van der Waals surface area (Å²) in [6.07, 6.45) is 5.32. The van der Waals surface area contributed by atoms with Crippen molar-refractivity contribution in [2.75, 3.05) is 51.6 Å². The Hall–Kier alpha value is -3.68. The van der Waals surface area contributed by atoms with Crippen LogP contribution >= 0.6 is 0 Å². The molecule has 8 rings (SSSR count). The Kier molecular flexibility index (Phi) is 6.72. The first-order valence-electron chi connectivity index (χ1n) is 15.3. The highest BCUT2D eigenvalue weighted by Gasteiger charge is 2.28. The number of epoxide rings is 2. The minimum Gasteiger partial charge on any atom is -0.493 e. The molecule has 4 aromatic rings. The van der Waals surface area contributed by atoms with Crippen LogP contribution in [0.4, 0.5) is 11.4 Å². The van der Waals surface area contributed by atoms with E-state index in [-0.39, 0.29) is 12.2 Å². The molecule has 0 spiro atoms. The van der Waals surface area contributed by atoms with Crippen molar-refractivity contribution in [1.29, 1.82) is 0 Å². The van der Waals surface area contributed by atoms with Gasteiger partial charge in [-0.25, -0.2) is 0 Å². The Balaban J connectivity index is 1.24. The Morgan fingerprint density at radius 2 is 1.02 bits per heavy atom. The van der Waals surface area contributed by atoms with E-state index >= 15 is 0 Å². The van der Waals surface area contributed by atoms with Gasteiger partial charge in [-0.05, 0) is 84.7 Å². The molecule has 7 nitrogen and oxygen atoms in total. The van der Waals surface area contributed by atoms with Crippen LogP contribution in [0.15, 0.2) is 60.7 Å². The summed E-state index contributed by atoms with van der Waals surface area (Å²) < 4.78 is 36.1. The minimum atomic E-state index is 0.147. The van der Waals surface area contributed by atoms with Crippen LogP contribution in [0, 0.1) is 11.8 Å². The van der Waals surface area contributed by atoms with Gasteiger partial charge in [0.25, 0.3) is 0 Å². The van der Waals surface area contributed by atoms with E-state index < -0.39 is 0 Å². The van der Waals surface area contributed by atoms with Crippen LogP contribution in [-0.4, -0.2) is 58.9 Å². The highest BCUT2D eigenvalue weighted by atomic mass is 16.6. The molecule has 42 heavy (non-hydrogen) atoms. The largest absolute Gasteiger partial charge is 0.493 e. The van der Waals surface area contributed by atoms with Gasteiger partial charge in [-0.2, -0.15) is 0 Å². The summed E-state index contributed by atoms with van der Waals surface area (Å²) >= 11 is 0. The van der Waals surface area contributed by atoms with Crippen LogP contribution in [0.3, 0.4) is 0 Å². The summed E-state index contributed by atoms with van der Waals surface area (Å²) in [5, 5.41) is 4.38. The molecule has 2 atom stereocenters. The van der Waals surface area contributed by atoms with Crippen LogP contribution < -0.4 is 23.8 Å². The number of rotatable bonds is 14. The topological polar surface area (TPSA) is 65.2 Å². The zero-order chi connectivity index (χ0) is 28.0. The molecule has 2 aliphatic carbocycles. The summed E-state index contributed by atoms with van der Waals surface area (Å²) in [5.74, 6) is 4.69. The van der Waals surface area contributed by atoms with Crippen LogP contribution in [0.25, 0.3) is 21.5 Å². The van der Waals surface area contributed by atoms with Crippen molar-refractivity contribution in [3.05, 3.63) is 60.7 Å². The highest BCUT2D eigenvalue weighted by molar-refractivity contribution is 6.06. The maximum absolute atomic E-state index is 6.53. The molecule has 2 aliphatic heterocycles. The molecular weight excluding hydrogens is 530 g/mol. The number of hydrogen-bond acceptors (Lipinski definition) is 7. The van der Waals surface area contributed by atoms with Gasteiger partial charge in [-0.1, -0.05) is 24.3 Å². The second kappa shape index (κ2) is 10.9. The predicted molar refractivity (Wildman–Crippen MR) is 163 cm³/mol. The fourth-order valence-corrected chi connectivity index (χ4v) is 5.43. The van der Waals surface area contributed by atoms with E-state index in [1.807, 2.05) is 6.07 Å². The third kappa shape index (κ3) is 5.81. The van der Waals surface area contributed by atoms with Crippen molar-refractivity contribution in [1.82, 2.24) is 0 Å². The van der Waals surface area contributed by atoms with E-state index in [1.165, 1.54) is 25.7 Å². The van der Waals surface area contributed by atoms with Gasteiger partial charge in [0.2, 0.25) is 0 Å². The van der Waals surface area contributed by atoms with Gasteiger partial charge in [0.05, 0.1) is 37.8 Å². The van der Waals surface area contributed by atoms with Gasteiger partial charge < -0.3 is 33.3 Å². The maximum atomic E-state index is 6.53. The van der Waals surface area contributed by atoms with Crippen molar-refractivity contribution >= 4 is 32.9 Å². The smallest absolute Gasteiger partial charge is 0.143 e. The molecular formula is C35H37NO6. The molecule has 2 saturated carbocycles. The molecule has 0 radical (unpaired) electrons. The molecule has 7 heteroatoms. The Morgan fingerprint density at radius 1 is 0.595 bits per heavy atom. The number of benzene rings is 4. The van der Waals surface area contributed by atoms with Gasteiger partial charge in [0, 0.05) is 17.8 Å². The molecule has 0 aromatic heterocycles. The Morgan fingerprint density at radius 3 is 1.52 bits per heavy atom. The number of nitrogens with zero attached hydrogens (tertiary/aromatic N) is 1. The quantitative estimate of drug-likeness (QED) is 0.154. The van der Waals surface area contributed by atoms with Crippen LogP contribution in [-0.2, 0) is 9.47 Å². The second-order valence-electron chi connectivity index (χ2n) is 12.2. The molecule has 0 amide bonds. The molecule has 218 valence electrons. The highest BCUT2D eigenvalue weighted by Crippen LogP contribution is 2.47. The number of ether oxygens (including phenoxy) is 6. The van der Waals surface area contributed by atoms with Crippen molar-refractivity contribution in [3.8, 4) is 23.0 Å². The normalized spacial score (nSPS) is 20.9. The lowest BCUT2D eigenvalue weighted by Gasteiger charge is -2.28. The van der Waals surface area contributed by atoms with E-state index in [4.69, 9.17) is 28.4 Å². The van der Waals surface area contributed by atoms with Crippen molar-refractivity contribution in [3.63, 3.8) is 0 Å². The Labute approximate surface area is 246 Å². The standard InChI is InChI=1S/C35H37NO6/c1-36(34-30-14-26(37-16-22-2-3-22)10-6-24(30)8-12-32(34)41-17-23-4-5-23)35-31-15-27(38-18-28-19-39-28)11-7-25(31)9-13-33(35)42-21-29-20-40-29/h6-15,22-23,28-29H,2-5,16-21H2,1H3. The zero-order valence-electron chi connectivity index (χ0n) is 24.1. The Bertz CT molecular complexity index is 1470. The monoisotopic (exact) mass is 567 g/mol. The maximum Gasteiger partial charge on any atom is 0.143 e. The third-order valence-corrected chi connectivity index (χ3v) is 8.55. The zero-order valence-corrected chi connectivity index (χ0v) is 24.1. The van der Waals surface area contributed by atoms with Gasteiger partial charge in [-0.3, -0.25) is 0 Å². The van der Waals surface area contributed by atoms with E-state index in [1.54, 1.807) is 0 Å². The molecule has 2 unspecified atom stereocenters. The SMILES string of the molecule is CN(c1c(OCC2CC2)ccc2ccc(OCC3CC3)cc12)c1c(OCC2CO2)ccc2ccc(OCC3CO3)cc12. The van der Waals surface area contributed by atoms with Crippen molar-refractivity contribution in [2.24, 2.45) is 11.8 Å². The van der Waals surface area contributed by atoms with E-state index in [0.717, 1.165) is 82.3 Å². The molecule has 4 fully saturated rings. The lowest BCUT2D eigenvalue weighted by molar-refractivity contribution is 0.263. The first-order valence-corrected chi connectivity index (χ1v) is 15.3. The van der Waals surface area contributed by atoms with Gasteiger partial charge in [-0.15, -0.1) is 0 Å². The summed E-state index contributed by atoms with van der Waals surface area (Å²) in [6.45, 7) is 4.07. The van der Waals surface area contributed by atoms with Gasteiger partial charge in [0.15, 0.2) is 0 Å². The number of hydrogen-bond donors (Lipinski definition) is 0. The molecule has 0 N–H and O–H groups in total. The van der Waals surface area contributed by atoms with Crippen molar-refractivity contribution in [2.45, 2.75) is 37.9 Å². The average molecular weight is 568 g/mol. The summed E-state index contributed by atoms with van der Waals surface area (Å²) in [5.41, 5.74) is 1.97. The summed E-state index contributed by atoms with van der Waals surface area (Å²) in [4.78, 5) is 2.23. The van der Waals surface area contributed by atoms with E-state index in [2.05, 4.69) is 66.5 Å². The van der Waals surface area contributed by atoms with E-state index in [9.17, 15) is 0 Å². The van der Waals surface area contributed by atoms with Crippen LogP contribution in [0.1, 0.15) is 25.7 Å². The molecule has 2 heterocycles. The lowest BCUT2D eigenvalue weighted by Crippen LogP contribution is -2.16. The number of fused-ring (bicyclic) bond motifs is 2. The molecule has 2 saturated heterocycles. The molecule has 4 aliphatic rings. The lowest BCUT2D eigenvalue weighted by atomic mass is 10.0. The van der Waals surface area contributed by atoms with Gasteiger partial charge in [0.1, 0.15) is 48.4 Å². The summed E-state index contributed by atoms with van der Waals surface area (Å²) in [6, 6.07) is 21.1. The minimum absolute atomic E-state index is 0.147. The first kappa shape index (κ1) is 26.0. The molecule has 4 aromatic carbocycles. The van der Waals surface area contributed by atoms with Gasteiger partial charge >= 0.3 is 0 Å². The number of anilines is 2. The molecule has 0 bridgehead atoms. The third-order valence-electron chi connectivity index (χ3n) is 8.55. The fourth-order valence-electron chi connectivity index (χ4n) is 5.43. The fraction of sp³-hybridized carbons (Fsp3) is 0.429. The average Bonchev–Trinajstić information content (AvgIpc) is 3.84. The second-order valence-corrected chi connectivity index (χ2v) is 12.2. The predicted octanol–water partition coefficient (Wildman–Crippen LogP) is 6.89. The summed E-state index contributed by atoms with van der Waals surface area (Å²) in [7, 11) is 2.11.